The summed E-state index contributed by atoms with van der Waals surface area (Å²) in [5, 5.41) is 7.61. The summed E-state index contributed by atoms with van der Waals surface area (Å²) in [5.41, 5.74) is 5.99. The SMILES string of the molecule is Cn1ccnc1[C@@H]1CCCCN1Cc1cn[nH]c1-c1ccc(-c2ccccc2)cc1. The lowest BCUT2D eigenvalue weighted by Crippen LogP contribution is -2.34. The highest BCUT2D eigenvalue weighted by atomic mass is 15.2. The molecule has 3 heterocycles. The molecular formula is C25H27N5. The van der Waals surface area contributed by atoms with Crippen LogP contribution in [0, 0.1) is 0 Å². The van der Waals surface area contributed by atoms with Crippen LogP contribution in [0.4, 0.5) is 0 Å². The van der Waals surface area contributed by atoms with Crippen LogP contribution >= 0.6 is 0 Å². The Labute approximate surface area is 177 Å². The number of hydrogen-bond acceptors (Lipinski definition) is 3. The highest BCUT2D eigenvalue weighted by molar-refractivity contribution is 5.69. The summed E-state index contributed by atoms with van der Waals surface area (Å²) in [4.78, 5) is 7.19. The fraction of sp³-hybridized carbons (Fsp3) is 0.280. The standard InChI is InChI=1S/C25H27N5/c1-29-16-14-26-25(29)23-9-5-6-15-30(23)18-22-17-27-28-24(22)21-12-10-20(11-13-21)19-7-3-2-4-8-19/h2-4,7-8,10-14,16-17,23H,5-6,9,15,18H2,1H3,(H,27,28)/t23-/m0/s1. The maximum absolute atomic E-state index is 4.64. The summed E-state index contributed by atoms with van der Waals surface area (Å²) < 4.78 is 2.15. The molecule has 0 aliphatic carbocycles. The Morgan fingerprint density at radius 2 is 1.73 bits per heavy atom. The fourth-order valence-corrected chi connectivity index (χ4v) is 4.53. The lowest BCUT2D eigenvalue weighted by atomic mass is 9.99. The van der Waals surface area contributed by atoms with Crippen LogP contribution in [-0.4, -0.2) is 31.2 Å². The molecular weight excluding hydrogens is 370 g/mol. The molecule has 152 valence electrons. The monoisotopic (exact) mass is 397 g/mol. The second kappa shape index (κ2) is 8.28. The molecule has 5 rings (SSSR count). The number of aromatic nitrogens is 4. The minimum Gasteiger partial charge on any atom is -0.337 e. The van der Waals surface area contributed by atoms with Gasteiger partial charge in [0.25, 0.3) is 0 Å². The average molecular weight is 398 g/mol. The van der Waals surface area contributed by atoms with Gasteiger partial charge in [0.1, 0.15) is 5.82 Å². The molecule has 0 unspecified atom stereocenters. The van der Waals surface area contributed by atoms with Crippen molar-refractivity contribution in [3.63, 3.8) is 0 Å². The number of piperidine rings is 1. The third-order valence-corrected chi connectivity index (χ3v) is 6.14. The van der Waals surface area contributed by atoms with Gasteiger partial charge < -0.3 is 4.57 Å². The smallest absolute Gasteiger partial charge is 0.125 e. The number of hydrogen-bond donors (Lipinski definition) is 1. The van der Waals surface area contributed by atoms with Crippen LogP contribution in [0.5, 0.6) is 0 Å². The average Bonchev–Trinajstić information content (AvgIpc) is 3.44. The van der Waals surface area contributed by atoms with Crippen molar-refractivity contribution < 1.29 is 0 Å². The molecule has 1 atom stereocenters. The Morgan fingerprint density at radius 1 is 0.967 bits per heavy atom. The van der Waals surface area contributed by atoms with E-state index in [2.05, 4.69) is 80.2 Å². The van der Waals surface area contributed by atoms with Crippen LogP contribution < -0.4 is 0 Å². The van der Waals surface area contributed by atoms with Crippen molar-refractivity contribution in [3.8, 4) is 22.4 Å². The van der Waals surface area contributed by atoms with Crippen LogP contribution in [0.15, 0.2) is 73.2 Å². The van der Waals surface area contributed by atoms with E-state index in [1.165, 1.54) is 35.1 Å². The molecule has 5 heteroatoms. The molecule has 2 aromatic heterocycles. The molecule has 1 N–H and O–H groups in total. The number of rotatable bonds is 5. The van der Waals surface area contributed by atoms with E-state index in [1.807, 2.05) is 24.7 Å². The Morgan fingerprint density at radius 3 is 2.50 bits per heavy atom. The first-order chi connectivity index (χ1) is 14.8. The van der Waals surface area contributed by atoms with E-state index >= 15 is 0 Å². The predicted octanol–water partition coefficient (Wildman–Crippen LogP) is 5.20. The minimum atomic E-state index is 0.363. The van der Waals surface area contributed by atoms with Crippen LogP contribution in [-0.2, 0) is 13.6 Å². The molecule has 5 nitrogen and oxygen atoms in total. The van der Waals surface area contributed by atoms with Crippen molar-refractivity contribution in [2.45, 2.75) is 31.8 Å². The quantitative estimate of drug-likeness (QED) is 0.503. The number of H-pyrrole nitrogens is 1. The van der Waals surface area contributed by atoms with E-state index in [1.54, 1.807) is 0 Å². The predicted molar refractivity (Wildman–Crippen MR) is 120 cm³/mol. The molecule has 30 heavy (non-hydrogen) atoms. The number of likely N-dealkylation sites (tertiary alicyclic amines) is 1. The van der Waals surface area contributed by atoms with Gasteiger partial charge in [0.05, 0.1) is 17.9 Å². The van der Waals surface area contributed by atoms with E-state index < -0.39 is 0 Å². The molecule has 0 spiro atoms. The first kappa shape index (κ1) is 18.8. The highest BCUT2D eigenvalue weighted by Gasteiger charge is 2.27. The molecule has 1 aliphatic rings. The van der Waals surface area contributed by atoms with Gasteiger partial charge in [-0.3, -0.25) is 10.00 Å². The maximum Gasteiger partial charge on any atom is 0.125 e. The summed E-state index contributed by atoms with van der Waals surface area (Å²) >= 11 is 0. The Hall–Kier alpha value is -3.18. The largest absolute Gasteiger partial charge is 0.337 e. The molecule has 0 amide bonds. The number of nitrogens with one attached hydrogen (secondary N) is 1. The van der Waals surface area contributed by atoms with Gasteiger partial charge in [-0.2, -0.15) is 5.10 Å². The van der Waals surface area contributed by atoms with Crippen molar-refractivity contribution >= 4 is 0 Å². The number of imidazole rings is 1. The zero-order valence-corrected chi connectivity index (χ0v) is 17.3. The van der Waals surface area contributed by atoms with Gasteiger partial charge in [-0.25, -0.2) is 4.98 Å². The molecule has 0 bridgehead atoms. The number of nitrogens with zero attached hydrogens (tertiary/aromatic N) is 4. The van der Waals surface area contributed by atoms with Crippen molar-refractivity contribution in [1.82, 2.24) is 24.6 Å². The molecule has 0 radical (unpaired) electrons. The Balaban J connectivity index is 1.39. The number of aromatic amines is 1. The van der Waals surface area contributed by atoms with Crippen LogP contribution in [0.1, 0.15) is 36.7 Å². The van der Waals surface area contributed by atoms with E-state index in [4.69, 9.17) is 0 Å². The summed E-state index contributed by atoms with van der Waals surface area (Å²) in [5.74, 6) is 1.16. The minimum absolute atomic E-state index is 0.363. The number of aryl methyl sites for hydroxylation is 1. The summed E-state index contributed by atoms with van der Waals surface area (Å²) in [7, 11) is 2.09. The van der Waals surface area contributed by atoms with Gasteiger partial charge in [0, 0.05) is 31.5 Å². The van der Waals surface area contributed by atoms with Crippen molar-refractivity contribution in [2.24, 2.45) is 7.05 Å². The Bertz CT molecular complexity index is 1090. The van der Waals surface area contributed by atoms with E-state index in [0.29, 0.717) is 6.04 Å². The van der Waals surface area contributed by atoms with Gasteiger partial charge in [-0.05, 0) is 36.1 Å². The topological polar surface area (TPSA) is 49.7 Å². The second-order valence-electron chi connectivity index (χ2n) is 8.09. The van der Waals surface area contributed by atoms with Crippen LogP contribution in [0.3, 0.4) is 0 Å². The van der Waals surface area contributed by atoms with E-state index in [0.717, 1.165) is 31.0 Å². The summed E-state index contributed by atoms with van der Waals surface area (Å²) in [6.07, 6.45) is 9.57. The molecule has 1 aliphatic heterocycles. The van der Waals surface area contributed by atoms with Crippen molar-refractivity contribution in [3.05, 3.63) is 84.6 Å². The fourth-order valence-electron chi connectivity index (χ4n) is 4.53. The van der Waals surface area contributed by atoms with Gasteiger partial charge in [0.15, 0.2) is 0 Å². The second-order valence-corrected chi connectivity index (χ2v) is 8.09. The summed E-state index contributed by atoms with van der Waals surface area (Å²) in [6, 6.07) is 19.6. The van der Waals surface area contributed by atoms with Gasteiger partial charge in [-0.1, -0.05) is 61.0 Å². The van der Waals surface area contributed by atoms with Gasteiger partial charge in [0.2, 0.25) is 0 Å². The molecule has 2 aromatic carbocycles. The highest BCUT2D eigenvalue weighted by Crippen LogP contribution is 2.33. The zero-order valence-electron chi connectivity index (χ0n) is 17.3. The van der Waals surface area contributed by atoms with Crippen molar-refractivity contribution in [2.75, 3.05) is 6.54 Å². The van der Waals surface area contributed by atoms with E-state index in [-0.39, 0.29) is 0 Å². The summed E-state index contributed by atoms with van der Waals surface area (Å²) in [6.45, 7) is 1.97. The molecule has 4 aromatic rings. The van der Waals surface area contributed by atoms with E-state index in [9.17, 15) is 0 Å². The third kappa shape index (κ3) is 3.68. The first-order valence-corrected chi connectivity index (χ1v) is 10.7. The van der Waals surface area contributed by atoms with Gasteiger partial charge >= 0.3 is 0 Å². The van der Waals surface area contributed by atoms with Gasteiger partial charge in [-0.15, -0.1) is 0 Å². The third-order valence-electron chi connectivity index (χ3n) is 6.14. The zero-order chi connectivity index (χ0) is 20.3. The number of benzene rings is 2. The first-order valence-electron chi connectivity index (χ1n) is 10.7. The van der Waals surface area contributed by atoms with Crippen LogP contribution in [0.2, 0.25) is 0 Å². The molecule has 1 fully saturated rings. The normalized spacial score (nSPS) is 17.3. The van der Waals surface area contributed by atoms with Crippen molar-refractivity contribution in [1.29, 1.82) is 0 Å². The lowest BCUT2D eigenvalue weighted by Gasteiger charge is -2.35. The Kier molecular flexibility index (Phi) is 5.20. The lowest BCUT2D eigenvalue weighted by molar-refractivity contribution is 0.132. The molecule has 1 saturated heterocycles. The molecule has 0 saturated carbocycles. The maximum atomic E-state index is 4.64. The van der Waals surface area contributed by atoms with Crippen LogP contribution in [0.25, 0.3) is 22.4 Å².